The fourth-order valence-corrected chi connectivity index (χ4v) is 3.07. The van der Waals surface area contributed by atoms with Crippen molar-refractivity contribution in [3.8, 4) is 0 Å². The van der Waals surface area contributed by atoms with E-state index in [-0.39, 0.29) is 0 Å². The lowest BCUT2D eigenvalue weighted by Gasteiger charge is -2.32. The summed E-state index contributed by atoms with van der Waals surface area (Å²) in [5.74, 6) is 0. The largest absolute Gasteiger partial charge is 0.383 e. The maximum absolute atomic E-state index is 6.12. The van der Waals surface area contributed by atoms with Gasteiger partial charge in [0.05, 0.1) is 15.7 Å². The second-order valence-electron chi connectivity index (χ2n) is 4.94. The first-order valence-electron chi connectivity index (χ1n) is 6.56. The van der Waals surface area contributed by atoms with Crippen LogP contribution in [0.2, 0.25) is 10.0 Å². The van der Waals surface area contributed by atoms with Crippen LogP contribution in [0.25, 0.3) is 0 Å². The molecule has 1 N–H and O–H groups in total. The molecule has 0 aliphatic carbocycles. The molecule has 18 heavy (non-hydrogen) atoms. The molecule has 2 rings (SSSR count). The van der Waals surface area contributed by atoms with Gasteiger partial charge in [0.2, 0.25) is 0 Å². The molecule has 0 saturated carbocycles. The van der Waals surface area contributed by atoms with E-state index < -0.39 is 0 Å². The Morgan fingerprint density at radius 2 is 2.00 bits per heavy atom. The minimum Gasteiger partial charge on any atom is -0.383 e. The van der Waals surface area contributed by atoms with E-state index in [9.17, 15) is 0 Å². The van der Waals surface area contributed by atoms with Gasteiger partial charge in [0.25, 0.3) is 0 Å². The number of halogens is 2. The zero-order valence-electron chi connectivity index (χ0n) is 10.8. The topological polar surface area (TPSA) is 15.3 Å². The summed E-state index contributed by atoms with van der Waals surface area (Å²) in [6, 6.07) is 6.28. The van der Waals surface area contributed by atoms with Crippen LogP contribution >= 0.6 is 23.2 Å². The van der Waals surface area contributed by atoms with Crippen molar-refractivity contribution in [3.05, 3.63) is 28.2 Å². The van der Waals surface area contributed by atoms with Crippen molar-refractivity contribution in [1.29, 1.82) is 0 Å². The lowest BCUT2D eigenvalue weighted by Crippen LogP contribution is -2.37. The summed E-state index contributed by atoms with van der Waals surface area (Å²) in [5, 5.41) is 4.75. The molecular weight excluding hydrogens is 267 g/mol. The summed E-state index contributed by atoms with van der Waals surface area (Å²) in [6.07, 6.45) is 5.12. The molecule has 1 saturated heterocycles. The van der Waals surface area contributed by atoms with Gasteiger partial charge in [-0.2, -0.15) is 0 Å². The molecule has 1 atom stereocenters. The van der Waals surface area contributed by atoms with E-state index in [2.05, 4.69) is 17.3 Å². The van der Waals surface area contributed by atoms with Crippen LogP contribution < -0.4 is 5.32 Å². The molecule has 0 radical (unpaired) electrons. The molecule has 0 spiro atoms. The Hall–Kier alpha value is -0.440. The Balaban J connectivity index is 1.84. The van der Waals surface area contributed by atoms with Gasteiger partial charge in [0.1, 0.15) is 0 Å². The van der Waals surface area contributed by atoms with E-state index in [1.807, 2.05) is 18.2 Å². The fraction of sp³-hybridized carbons (Fsp3) is 0.571. The first-order valence-corrected chi connectivity index (χ1v) is 7.32. The van der Waals surface area contributed by atoms with Gasteiger partial charge >= 0.3 is 0 Å². The Morgan fingerprint density at radius 3 is 2.67 bits per heavy atom. The number of hydrogen-bond donors (Lipinski definition) is 1. The van der Waals surface area contributed by atoms with Gasteiger partial charge in [-0.1, -0.05) is 35.7 Å². The van der Waals surface area contributed by atoms with Crippen LogP contribution in [0.3, 0.4) is 0 Å². The van der Waals surface area contributed by atoms with Crippen molar-refractivity contribution in [2.75, 3.05) is 25.5 Å². The Kier molecular flexibility index (Phi) is 5.16. The first-order chi connectivity index (χ1) is 8.68. The lowest BCUT2D eigenvalue weighted by atomic mass is 10.0. The van der Waals surface area contributed by atoms with Crippen molar-refractivity contribution in [2.24, 2.45) is 0 Å². The van der Waals surface area contributed by atoms with Crippen LogP contribution in [0.5, 0.6) is 0 Å². The predicted molar refractivity (Wildman–Crippen MR) is 79.8 cm³/mol. The smallest absolute Gasteiger partial charge is 0.0718 e. The molecule has 1 aromatic carbocycles. The van der Waals surface area contributed by atoms with E-state index in [1.165, 1.54) is 25.8 Å². The summed E-state index contributed by atoms with van der Waals surface area (Å²) >= 11 is 12.2. The summed E-state index contributed by atoms with van der Waals surface area (Å²) in [6.45, 7) is 2.13. The number of likely N-dealkylation sites (tertiary alicyclic amines) is 1. The van der Waals surface area contributed by atoms with Crippen LogP contribution in [0.1, 0.15) is 25.7 Å². The third-order valence-electron chi connectivity index (χ3n) is 3.66. The number of rotatable bonds is 4. The van der Waals surface area contributed by atoms with E-state index in [0.29, 0.717) is 16.1 Å². The Morgan fingerprint density at radius 1 is 1.28 bits per heavy atom. The molecule has 1 aliphatic rings. The minimum atomic E-state index is 0.688. The van der Waals surface area contributed by atoms with Crippen LogP contribution in [0, 0.1) is 0 Å². The maximum Gasteiger partial charge on any atom is 0.0718 e. The van der Waals surface area contributed by atoms with E-state index in [1.54, 1.807) is 0 Å². The monoisotopic (exact) mass is 286 g/mol. The second kappa shape index (κ2) is 6.65. The molecule has 0 amide bonds. The van der Waals surface area contributed by atoms with Crippen molar-refractivity contribution in [1.82, 2.24) is 4.90 Å². The van der Waals surface area contributed by atoms with Gasteiger partial charge in [-0.25, -0.2) is 0 Å². The maximum atomic E-state index is 6.12. The number of nitrogens with zero attached hydrogens (tertiary/aromatic N) is 1. The van der Waals surface area contributed by atoms with E-state index in [4.69, 9.17) is 23.2 Å². The Labute approximate surface area is 119 Å². The first kappa shape index (κ1) is 14.0. The average Bonchev–Trinajstić information content (AvgIpc) is 2.35. The van der Waals surface area contributed by atoms with E-state index >= 15 is 0 Å². The number of benzene rings is 1. The number of nitrogens with one attached hydrogen (secondary N) is 1. The zero-order chi connectivity index (χ0) is 13.0. The summed E-state index contributed by atoms with van der Waals surface area (Å²) in [5.41, 5.74) is 0.860. The van der Waals surface area contributed by atoms with Crippen molar-refractivity contribution >= 4 is 28.9 Å². The van der Waals surface area contributed by atoms with Gasteiger partial charge in [-0.05, 0) is 45.0 Å². The Bertz CT molecular complexity index is 375. The molecule has 0 bridgehead atoms. The van der Waals surface area contributed by atoms with Crippen molar-refractivity contribution in [3.63, 3.8) is 0 Å². The van der Waals surface area contributed by atoms with Crippen LogP contribution in [-0.4, -0.2) is 31.1 Å². The highest BCUT2D eigenvalue weighted by atomic mass is 35.5. The highest BCUT2D eigenvalue weighted by Gasteiger charge is 2.18. The van der Waals surface area contributed by atoms with Crippen LogP contribution in [0.4, 0.5) is 5.69 Å². The molecule has 0 aromatic heterocycles. The minimum absolute atomic E-state index is 0.688. The number of para-hydroxylation sites is 1. The SMILES string of the molecule is CN1CCCCC1CCNc1c(Cl)cccc1Cl. The molecule has 4 heteroatoms. The van der Waals surface area contributed by atoms with E-state index in [0.717, 1.165) is 18.7 Å². The van der Waals surface area contributed by atoms with Gasteiger partial charge in [0.15, 0.2) is 0 Å². The molecule has 100 valence electrons. The standard InChI is InChI=1S/C14H20Cl2N2/c1-18-10-3-2-5-11(18)8-9-17-14-12(15)6-4-7-13(14)16/h4,6-7,11,17H,2-3,5,8-10H2,1H3. The summed E-state index contributed by atoms with van der Waals surface area (Å²) < 4.78 is 0. The molecule has 1 aliphatic heterocycles. The van der Waals surface area contributed by atoms with Crippen LogP contribution in [-0.2, 0) is 0 Å². The molecule has 1 heterocycles. The van der Waals surface area contributed by atoms with Crippen molar-refractivity contribution < 1.29 is 0 Å². The molecular formula is C14H20Cl2N2. The lowest BCUT2D eigenvalue weighted by molar-refractivity contribution is 0.179. The second-order valence-corrected chi connectivity index (χ2v) is 5.76. The molecule has 1 unspecified atom stereocenters. The molecule has 1 fully saturated rings. The average molecular weight is 287 g/mol. The highest BCUT2D eigenvalue weighted by Crippen LogP contribution is 2.30. The molecule has 1 aromatic rings. The molecule has 2 nitrogen and oxygen atoms in total. The fourth-order valence-electron chi connectivity index (χ4n) is 2.54. The number of anilines is 1. The third kappa shape index (κ3) is 3.53. The van der Waals surface area contributed by atoms with Gasteiger partial charge in [-0.15, -0.1) is 0 Å². The summed E-state index contributed by atoms with van der Waals surface area (Å²) in [4.78, 5) is 2.46. The predicted octanol–water partition coefficient (Wildman–Crippen LogP) is 4.28. The normalized spacial score (nSPS) is 20.9. The van der Waals surface area contributed by atoms with Gasteiger partial charge in [-0.3, -0.25) is 0 Å². The van der Waals surface area contributed by atoms with Gasteiger partial charge in [0, 0.05) is 12.6 Å². The van der Waals surface area contributed by atoms with Crippen molar-refractivity contribution in [2.45, 2.75) is 31.7 Å². The van der Waals surface area contributed by atoms with Crippen LogP contribution in [0.15, 0.2) is 18.2 Å². The summed E-state index contributed by atoms with van der Waals surface area (Å²) in [7, 11) is 2.21. The number of piperidine rings is 1. The highest BCUT2D eigenvalue weighted by molar-refractivity contribution is 6.39. The van der Waals surface area contributed by atoms with Gasteiger partial charge < -0.3 is 10.2 Å². The number of hydrogen-bond acceptors (Lipinski definition) is 2. The third-order valence-corrected chi connectivity index (χ3v) is 4.29. The zero-order valence-corrected chi connectivity index (χ0v) is 12.3. The quantitative estimate of drug-likeness (QED) is 0.889.